The van der Waals surface area contributed by atoms with Crippen molar-refractivity contribution in [2.45, 2.75) is 19.8 Å². The van der Waals surface area contributed by atoms with Gasteiger partial charge >= 0.3 is 5.97 Å². The minimum atomic E-state index is -0.178. The highest BCUT2D eigenvalue weighted by Crippen LogP contribution is 2.15. The summed E-state index contributed by atoms with van der Waals surface area (Å²) in [5.41, 5.74) is 3.09. The predicted molar refractivity (Wildman–Crippen MR) is 66.8 cm³/mol. The number of carbonyl (C=O) groups is 1. The number of fused-ring (bicyclic) bond motifs is 1. The highest BCUT2D eigenvalue weighted by atomic mass is 16.5. The molecule has 1 heterocycles. The third-order valence-corrected chi connectivity index (χ3v) is 2.74. The molecule has 1 aromatic heterocycles. The Morgan fingerprint density at radius 1 is 1.29 bits per heavy atom. The summed E-state index contributed by atoms with van der Waals surface area (Å²) in [6, 6.07) is 10.2. The number of rotatable bonds is 3. The summed E-state index contributed by atoms with van der Waals surface area (Å²) in [6.07, 6.45) is 1.10. The monoisotopic (exact) mass is 229 g/mol. The van der Waals surface area contributed by atoms with Crippen molar-refractivity contribution in [3.8, 4) is 0 Å². The van der Waals surface area contributed by atoms with Crippen molar-refractivity contribution in [2.75, 3.05) is 7.11 Å². The maximum Gasteiger partial charge on any atom is 0.305 e. The molecule has 0 amide bonds. The van der Waals surface area contributed by atoms with Crippen LogP contribution in [-0.4, -0.2) is 18.1 Å². The molecule has 1 aromatic carbocycles. The van der Waals surface area contributed by atoms with Crippen molar-refractivity contribution >= 4 is 16.9 Å². The van der Waals surface area contributed by atoms with Gasteiger partial charge in [-0.2, -0.15) is 0 Å². The standard InChI is InChI=1S/C14H15NO2/c1-10-3-6-12-7-4-11(9-13(12)15-10)5-8-14(16)17-2/h3-4,6-7,9H,5,8H2,1-2H3. The molecule has 0 bridgehead atoms. The number of methoxy groups -OCH3 is 1. The first kappa shape index (κ1) is 11.6. The lowest BCUT2D eigenvalue weighted by Gasteiger charge is -2.03. The number of ether oxygens (including phenoxy) is 1. The summed E-state index contributed by atoms with van der Waals surface area (Å²) in [6.45, 7) is 1.97. The van der Waals surface area contributed by atoms with Crippen LogP contribution >= 0.6 is 0 Å². The molecule has 0 aliphatic carbocycles. The number of esters is 1. The van der Waals surface area contributed by atoms with Crippen LogP contribution in [0.2, 0.25) is 0 Å². The number of nitrogens with zero attached hydrogens (tertiary/aromatic N) is 1. The SMILES string of the molecule is COC(=O)CCc1ccc2ccc(C)nc2c1. The van der Waals surface area contributed by atoms with Gasteiger partial charge in [-0.05, 0) is 31.0 Å². The van der Waals surface area contributed by atoms with Crippen molar-refractivity contribution in [1.82, 2.24) is 4.98 Å². The summed E-state index contributed by atoms with van der Waals surface area (Å²) >= 11 is 0. The van der Waals surface area contributed by atoms with E-state index in [2.05, 4.69) is 15.8 Å². The van der Waals surface area contributed by atoms with Crippen molar-refractivity contribution in [3.63, 3.8) is 0 Å². The first-order valence-electron chi connectivity index (χ1n) is 5.62. The molecule has 0 unspecified atom stereocenters. The Morgan fingerprint density at radius 2 is 2.06 bits per heavy atom. The van der Waals surface area contributed by atoms with E-state index in [1.165, 1.54) is 7.11 Å². The van der Waals surface area contributed by atoms with Gasteiger partial charge in [-0.25, -0.2) is 0 Å². The molecule has 17 heavy (non-hydrogen) atoms. The fourth-order valence-electron chi connectivity index (χ4n) is 1.77. The van der Waals surface area contributed by atoms with E-state index in [0.29, 0.717) is 12.8 Å². The topological polar surface area (TPSA) is 39.2 Å². The highest BCUT2D eigenvalue weighted by Gasteiger charge is 2.03. The minimum absolute atomic E-state index is 0.178. The summed E-state index contributed by atoms with van der Waals surface area (Å²) < 4.78 is 4.62. The maximum absolute atomic E-state index is 11.1. The fourth-order valence-corrected chi connectivity index (χ4v) is 1.77. The summed E-state index contributed by atoms with van der Waals surface area (Å²) in [5, 5.41) is 1.12. The molecule has 0 spiro atoms. The molecule has 3 heteroatoms. The van der Waals surface area contributed by atoms with Crippen LogP contribution in [0.4, 0.5) is 0 Å². The molecule has 0 N–H and O–H groups in total. The zero-order chi connectivity index (χ0) is 12.3. The number of hydrogen-bond donors (Lipinski definition) is 0. The Kier molecular flexibility index (Phi) is 3.38. The van der Waals surface area contributed by atoms with Crippen LogP contribution in [0.5, 0.6) is 0 Å². The van der Waals surface area contributed by atoms with Gasteiger partial charge in [0.15, 0.2) is 0 Å². The normalized spacial score (nSPS) is 10.5. The quantitative estimate of drug-likeness (QED) is 0.759. The van der Waals surface area contributed by atoms with Gasteiger partial charge in [-0.1, -0.05) is 18.2 Å². The first-order chi connectivity index (χ1) is 8.19. The zero-order valence-corrected chi connectivity index (χ0v) is 10.1. The second-order valence-corrected chi connectivity index (χ2v) is 4.06. The molecule has 0 fully saturated rings. The molecule has 0 radical (unpaired) electrons. The molecule has 0 aliphatic heterocycles. The van der Waals surface area contributed by atoms with Crippen molar-refractivity contribution in [3.05, 3.63) is 41.6 Å². The lowest BCUT2D eigenvalue weighted by molar-refractivity contribution is -0.140. The molecule has 2 aromatic rings. The molecule has 0 aliphatic rings. The van der Waals surface area contributed by atoms with E-state index in [1.807, 2.05) is 31.2 Å². The summed E-state index contributed by atoms with van der Waals surface area (Å²) in [4.78, 5) is 15.5. The largest absolute Gasteiger partial charge is 0.469 e. The van der Waals surface area contributed by atoms with Crippen LogP contribution in [0.3, 0.4) is 0 Å². The van der Waals surface area contributed by atoms with Crippen molar-refractivity contribution in [1.29, 1.82) is 0 Å². The van der Waals surface area contributed by atoms with E-state index in [1.54, 1.807) is 0 Å². The van der Waals surface area contributed by atoms with Gasteiger partial charge in [0.2, 0.25) is 0 Å². The Morgan fingerprint density at radius 3 is 2.82 bits per heavy atom. The number of aromatic nitrogens is 1. The minimum Gasteiger partial charge on any atom is -0.469 e. The molecular weight excluding hydrogens is 214 g/mol. The predicted octanol–water partition coefficient (Wildman–Crippen LogP) is 2.65. The van der Waals surface area contributed by atoms with E-state index in [0.717, 1.165) is 22.2 Å². The third-order valence-electron chi connectivity index (χ3n) is 2.74. The molecule has 0 atom stereocenters. The maximum atomic E-state index is 11.1. The summed E-state index contributed by atoms with van der Waals surface area (Å²) in [5.74, 6) is -0.178. The van der Waals surface area contributed by atoms with Crippen molar-refractivity contribution in [2.24, 2.45) is 0 Å². The zero-order valence-electron chi connectivity index (χ0n) is 10.1. The Labute approximate surface area is 100 Å². The molecule has 0 saturated heterocycles. The Bertz CT molecular complexity index is 549. The summed E-state index contributed by atoms with van der Waals surface area (Å²) in [7, 11) is 1.41. The van der Waals surface area contributed by atoms with Crippen LogP contribution < -0.4 is 0 Å². The van der Waals surface area contributed by atoms with Crippen LogP contribution in [0.25, 0.3) is 10.9 Å². The van der Waals surface area contributed by atoms with Gasteiger partial charge < -0.3 is 4.74 Å². The van der Waals surface area contributed by atoms with Gasteiger partial charge in [0, 0.05) is 17.5 Å². The number of aryl methyl sites for hydroxylation is 2. The van der Waals surface area contributed by atoms with E-state index >= 15 is 0 Å². The second kappa shape index (κ2) is 4.95. The lowest BCUT2D eigenvalue weighted by Crippen LogP contribution is -2.01. The van der Waals surface area contributed by atoms with Crippen LogP contribution in [-0.2, 0) is 16.0 Å². The number of carbonyl (C=O) groups excluding carboxylic acids is 1. The van der Waals surface area contributed by atoms with Gasteiger partial charge in [0.05, 0.1) is 12.6 Å². The van der Waals surface area contributed by atoms with Gasteiger partial charge in [-0.3, -0.25) is 9.78 Å². The average molecular weight is 229 g/mol. The highest BCUT2D eigenvalue weighted by molar-refractivity contribution is 5.79. The molecule has 88 valence electrons. The third kappa shape index (κ3) is 2.81. The number of hydrogen-bond acceptors (Lipinski definition) is 3. The molecular formula is C14H15NO2. The van der Waals surface area contributed by atoms with E-state index in [-0.39, 0.29) is 5.97 Å². The second-order valence-electron chi connectivity index (χ2n) is 4.06. The van der Waals surface area contributed by atoms with E-state index < -0.39 is 0 Å². The smallest absolute Gasteiger partial charge is 0.305 e. The number of pyridine rings is 1. The van der Waals surface area contributed by atoms with E-state index in [4.69, 9.17) is 0 Å². The van der Waals surface area contributed by atoms with Gasteiger partial charge in [0.1, 0.15) is 0 Å². The lowest BCUT2D eigenvalue weighted by atomic mass is 10.1. The first-order valence-corrected chi connectivity index (χ1v) is 5.62. The van der Waals surface area contributed by atoms with Crippen LogP contribution in [0, 0.1) is 6.92 Å². The average Bonchev–Trinajstić information content (AvgIpc) is 2.35. The van der Waals surface area contributed by atoms with Gasteiger partial charge in [0.25, 0.3) is 0 Å². The molecule has 0 saturated carbocycles. The molecule has 2 rings (SSSR count). The fraction of sp³-hybridized carbons (Fsp3) is 0.286. The van der Waals surface area contributed by atoms with Crippen LogP contribution in [0.1, 0.15) is 17.7 Å². The Hall–Kier alpha value is -1.90. The van der Waals surface area contributed by atoms with Crippen molar-refractivity contribution < 1.29 is 9.53 Å². The van der Waals surface area contributed by atoms with Crippen LogP contribution in [0.15, 0.2) is 30.3 Å². The van der Waals surface area contributed by atoms with E-state index in [9.17, 15) is 4.79 Å². The Balaban J connectivity index is 2.22. The number of benzene rings is 1. The molecule has 3 nitrogen and oxygen atoms in total. The van der Waals surface area contributed by atoms with Gasteiger partial charge in [-0.15, -0.1) is 0 Å².